The van der Waals surface area contributed by atoms with Crippen molar-refractivity contribution in [1.29, 1.82) is 0 Å². The van der Waals surface area contributed by atoms with Crippen LogP contribution in [0.25, 0.3) is 11.2 Å². The first-order chi connectivity index (χ1) is 19.8. The van der Waals surface area contributed by atoms with E-state index in [2.05, 4.69) is 21.9 Å². The van der Waals surface area contributed by atoms with Gasteiger partial charge < -0.3 is 20.5 Å². The van der Waals surface area contributed by atoms with Crippen molar-refractivity contribution in [1.82, 2.24) is 19.5 Å². The van der Waals surface area contributed by atoms with Gasteiger partial charge in [0.1, 0.15) is 17.9 Å². The van der Waals surface area contributed by atoms with E-state index in [0.29, 0.717) is 17.6 Å². The van der Waals surface area contributed by atoms with Gasteiger partial charge in [0.2, 0.25) is 0 Å². The molecule has 0 aliphatic carbocycles. The molecule has 2 aromatic rings. The molecule has 2 aromatic heterocycles. The minimum atomic E-state index is -4.62. The van der Waals surface area contributed by atoms with Gasteiger partial charge in [-0.25, -0.2) is 24.3 Å². The number of ether oxygens (including phenoxy) is 1. The zero-order valence-electron chi connectivity index (χ0n) is 24.1. The zero-order chi connectivity index (χ0) is 29.5. The number of phosphoric ester groups is 1. The lowest BCUT2D eigenvalue weighted by Crippen LogP contribution is -2.24. The molecule has 0 saturated heterocycles. The molecular weight excluding hydrogens is 549 g/mol. The fourth-order valence-electron chi connectivity index (χ4n) is 4.90. The van der Waals surface area contributed by atoms with Crippen LogP contribution in [0.2, 0.25) is 0 Å². The number of rotatable bonds is 22. The molecule has 0 radical (unpaired) electrons. The predicted octanol–water partition coefficient (Wildman–Crippen LogP) is 6.32. The van der Waals surface area contributed by atoms with Gasteiger partial charge in [0.05, 0.1) is 12.9 Å². The van der Waals surface area contributed by atoms with Gasteiger partial charge >= 0.3 is 13.8 Å². The Bertz CT molecular complexity index is 1140. The second-order valence-electron chi connectivity index (χ2n) is 10.6. The van der Waals surface area contributed by atoms with E-state index in [1.165, 1.54) is 76.9 Å². The third-order valence-corrected chi connectivity index (χ3v) is 8.22. The molecule has 1 aliphatic rings. The van der Waals surface area contributed by atoms with Crippen LogP contribution in [0.15, 0.2) is 24.8 Å². The van der Waals surface area contributed by atoms with Crippen molar-refractivity contribution in [3.05, 3.63) is 24.8 Å². The Balaban J connectivity index is 1.27. The highest BCUT2D eigenvalue weighted by molar-refractivity contribution is 7.47. The van der Waals surface area contributed by atoms with Gasteiger partial charge in [0.15, 0.2) is 23.8 Å². The number of nitrogens with two attached hydrogens (primary N) is 1. The maximum atomic E-state index is 12.5. The molecular formula is C28H46N5O7P. The fourth-order valence-corrected chi connectivity index (χ4v) is 5.82. The van der Waals surface area contributed by atoms with Crippen molar-refractivity contribution >= 4 is 30.8 Å². The van der Waals surface area contributed by atoms with E-state index in [4.69, 9.17) is 19.5 Å². The van der Waals surface area contributed by atoms with Crippen LogP contribution in [0, 0.1) is 0 Å². The van der Waals surface area contributed by atoms with E-state index in [1.807, 2.05) is 0 Å². The number of carboxylic acid groups (broad SMARTS) is 1. The van der Waals surface area contributed by atoms with Gasteiger partial charge in [-0.05, 0) is 12.5 Å². The smallest absolute Gasteiger partial charge is 0.473 e. The van der Waals surface area contributed by atoms with Gasteiger partial charge in [-0.15, -0.1) is 0 Å². The number of anilines is 1. The van der Waals surface area contributed by atoms with Gasteiger partial charge in [-0.1, -0.05) is 103 Å². The SMILES string of the molecule is CCCCCCCCCCCCCCCCC(OP(=O)(O)OC[C@@H]1C=C[C@H](n2cnc3c(N)ncnc32)O1)C(=O)O. The molecule has 0 saturated carbocycles. The van der Waals surface area contributed by atoms with Crippen LogP contribution < -0.4 is 5.73 Å². The summed E-state index contributed by atoms with van der Waals surface area (Å²) in [5.74, 6) is -1.04. The number of aromatic nitrogens is 4. The van der Waals surface area contributed by atoms with Crippen LogP contribution >= 0.6 is 7.82 Å². The first-order valence-electron chi connectivity index (χ1n) is 15.0. The Morgan fingerprint density at radius 3 is 2.22 bits per heavy atom. The summed E-state index contributed by atoms with van der Waals surface area (Å²) in [6, 6.07) is 0. The van der Waals surface area contributed by atoms with Crippen LogP contribution in [0.5, 0.6) is 0 Å². The molecule has 2 unspecified atom stereocenters. The highest BCUT2D eigenvalue weighted by Gasteiger charge is 2.33. The maximum absolute atomic E-state index is 12.5. The molecule has 0 bridgehead atoms. The number of carboxylic acids is 1. The summed E-state index contributed by atoms with van der Waals surface area (Å²) in [5, 5.41) is 9.49. The summed E-state index contributed by atoms with van der Waals surface area (Å²) in [4.78, 5) is 34.1. The number of nitrogens with zero attached hydrogens (tertiary/aromatic N) is 4. The van der Waals surface area contributed by atoms with Gasteiger partial charge in [-0.3, -0.25) is 13.6 Å². The standard InChI is InChI=1S/C28H46N5O7P/c1-2-3-4-5-6-7-8-9-10-11-12-13-14-15-16-23(28(34)35)40-41(36,37)38-19-22-17-18-24(39-22)33-21-32-25-26(29)30-20-31-27(25)33/h17-18,20-24H,2-16,19H2,1H3,(H,34,35)(H,36,37)(H2,29,30,31)/t22-,23?,24+/m0/s1. The molecule has 0 spiro atoms. The third-order valence-electron chi connectivity index (χ3n) is 7.22. The van der Waals surface area contributed by atoms with Crippen LogP contribution in [-0.2, 0) is 23.1 Å². The number of hydrogen-bond donors (Lipinski definition) is 3. The highest BCUT2D eigenvalue weighted by atomic mass is 31.2. The van der Waals surface area contributed by atoms with Crippen molar-refractivity contribution < 1.29 is 33.1 Å². The largest absolute Gasteiger partial charge is 0.479 e. The minimum absolute atomic E-state index is 0.141. The van der Waals surface area contributed by atoms with E-state index in [0.717, 1.165) is 19.3 Å². The Morgan fingerprint density at radius 1 is 1.00 bits per heavy atom. The molecule has 12 nitrogen and oxygen atoms in total. The maximum Gasteiger partial charge on any atom is 0.473 e. The molecule has 41 heavy (non-hydrogen) atoms. The Morgan fingerprint density at radius 2 is 1.61 bits per heavy atom. The Labute approximate surface area is 242 Å². The van der Waals surface area contributed by atoms with Crippen molar-refractivity contribution in [2.75, 3.05) is 12.3 Å². The fraction of sp³-hybridized carbons (Fsp3) is 0.714. The van der Waals surface area contributed by atoms with E-state index in [1.54, 1.807) is 16.7 Å². The Hall–Kier alpha value is -2.37. The van der Waals surface area contributed by atoms with Crippen molar-refractivity contribution in [3.63, 3.8) is 0 Å². The van der Waals surface area contributed by atoms with E-state index >= 15 is 0 Å². The molecule has 0 fully saturated rings. The molecule has 3 rings (SSSR count). The molecule has 1 aliphatic heterocycles. The average Bonchev–Trinajstić information content (AvgIpc) is 3.59. The summed E-state index contributed by atoms with van der Waals surface area (Å²) < 4.78 is 30.0. The lowest BCUT2D eigenvalue weighted by molar-refractivity contribution is -0.146. The second-order valence-corrected chi connectivity index (χ2v) is 12.0. The van der Waals surface area contributed by atoms with E-state index in [-0.39, 0.29) is 18.8 Å². The number of unbranched alkanes of at least 4 members (excludes halogenated alkanes) is 13. The summed E-state index contributed by atoms with van der Waals surface area (Å²) in [6.07, 6.45) is 20.3. The van der Waals surface area contributed by atoms with Gasteiger partial charge in [0, 0.05) is 0 Å². The van der Waals surface area contributed by atoms with Crippen LogP contribution in [-0.4, -0.2) is 54.3 Å². The normalized spacial score (nSPS) is 19.1. The van der Waals surface area contributed by atoms with Crippen molar-refractivity contribution in [2.24, 2.45) is 0 Å². The number of imidazole rings is 1. The molecule has 0 aromatic carbocycles. The number of fused-ring (bicyclic) bond motifs is 1. The number of phosphoric acid groups is 1. The Kier molecular flexibility index (Phi) is 14.2. The van der Waals surface area contributed by atoms with Crippen molar-refractivity contribution in [3.8, 4) is 0 Å². The topological polar surface area (TPSA) is 172 Å². The number of hydrogen-bond acceptors (Lipinski definition) is 9. The van der Waals surface area contributed by atoms with E-state index < -0.39 is 32.2 Å². The second kappa shape index (κ2) is 17.6. The van der Waals surface area contributed by atoms with Crippen molar-refractivity contribution in [2.45, 2.75) is 122 Å². The van der Waals surface area contributed by atoms with E-state index in [9.17, 15) is 19.4 Å². The minimum Gasteiger partial charge on any atom is -0.479 e. The molecule has 13 heteroatoms. The predicted molar refractivity (Wildman–Crippen MR) is 156 cm³/mol. The summed E-state index contributed by atoms with van der Waals surface area (Å²) in [5.41, 5.74) is 6.75. The lowest BCUT2D eigenvalue weighted by Gasteiger charge is -2.20. The number of carbonyl (C=O) groups is 1. The van der Waals surface area contributed by atoms with Gasteiger partial charge in [-0.2, -0.15) is 0 Å². The first-order valence-corrected chi connectivity index (χ1v) is 16.5. The van der Waals surface area contributed by atoms with Gasteiger partial charge in [0.25, 0.3) is 0 Å². The average molecular weight is 596 g/mol. The van der Waals surface area contributed by atoms with Crippen LogP contribution in [0.3, 0.4) is 0 Å². The lowest BCUT2D eigenvalue weighted by atomic mass is 10.0. The molecule has 230 valence electrons. The third kappa shape index (κ3) is 11.4. The molecule has 4 N–H and O–H groups in total. The highest BCUT2D eigenvalue weighted by Crippen LogP contribution is 2.46. The summed E-state index contributed by atoms with van der Waals surface area (Å²) in [7, 11) is -4.62. The molecule has 4 atom stereocenters. The summed E-state index contributed by atoms with van der Waals surface area (Å²) in [6.45, 7) is 1.94. The quantitative estimate of drug-likeness (QED) is 0.0790. The number of aliphatic carboxylic acids is 1. The molecule has 0 amide bonds. The molecule has 3 heterocycles. The number of nitrogen functional groups attached to an aromatic ring is 1. The van der Waals surface area contributed by atoms with Crippen LogP contribution in [0.4, 0.5) is 5.82 Å². The van der Waals surface area contributed by atoms with Crippen LogP contribution in [0.1, 0.15) is 109 Å². The monoisotopic (exact) mass is 595 g/mol. The first kappa shape index (κ1) is 33.1. The summed E-state index contributed by atoms with van der Waals surface area (Å²) >= 11 is 0. The zero-order valence-corrected chi connectivity index (χ0v) is 25.0.